The van der Waals surface area contributed by atoms with Crippen LogP contribution in [0.2, 0.25) is 0 Å². The minimum atomic E-state index is -0.531. The van der Waals surface area contributed by atoms with Crippen molar-refractivity contribution in [2.24, 2.45) is 0 Å². The molecular formula is C15H18N4O6. The van der Waals surface area contributed by atoms with Gasteiger partial charge in [0.1, 0.15) is 6.33 Å². The second-order valence-corrected chi connectivity index (χ2v) is 4.82. The fourth-order valence-corrected chi connectivity index (χ4v) is 2.03. The number of Topliss-reactive ketones (excluding diaryl/α,β-unsaturated/α-hetero) is 1. The van der Waals surface area contributed by atoms with Gasteiger partial charge in [0, 0.05) is 5.56 Å². The summed E-state index contributed by atoms with van der Waals surface area (Å²) >= 11 is 0. The van der Waals surface area contributed by atoms with Gasteiger partial charge >= 0.3 is 5.97 Å². The molecule has 2 rings (SSSR count). The molecule has 10 nitrogen and oxygen atoms in total. The Morgan fingerprint density at radius 3 is 2.28 bits per heavy atom. The molecule has 25 heavy (non-hydrogen) atoms. The molecule has 134 valence electrons. The number of carbonyl (C=O) groups is 2. The lowest BCUT2D eigenvalue weighted by atomic mass is 10.1. The zero-order chi connectivity index (χ0) is 18.2. The first kappa shape index (κ1) is 18.2. The second kappa shape index (κ2) is 8.62. The molecule has 10 heteroatoms. The Hall–Kier alpha value is -3.17. The summed E-state index contributed by atoms with van der Waals surface area (Å²) in [4.78, 5) is 23.9. The second-order valence-electron chi connectivity index (χ2n) is 4.82. The molecule has 0 saturated heterocycles. The first-order valence-electron chi connectivity index (χ1n) is 7.28. The molecule has 0 N–H and O–H groups in total. The van der Waals surface area contributed by atoms with Crippen molar-refractivity contribution in [2.45, 2.75) is 13.0 Å². The Kier molecular flexibility index (Phi) is 6.26. The third-order valence-electron chi connectivity index (χ3n) is 3.29. The summed E-state index contributed by atoms with van der Waals surface area (Å²) in [6, 6.07) is 3.00. The van der Waals surface area contributed by atoms with Crippen LogP contribution in [0.4, 0.5) is 0 Å². The van der Waals surface area contributed by atoms with Crippen LogP contribution >= 0.6 is 0 Å². The number of benzene rings is 1. The number of ketones is 1. The Morgan fingerprint density at radius 2 is 1.76 bits per heavy atom. The number of carbonyl (C=O) groups excluding carboxylic acids is 2. The molecule has 0 spiro atoms. The monoisotopic (exact) mass is 350 g/mol. The maximum absolute atomic E-state index is 12.3. The maximum Gasteiger partial charge on any atom is 0.308 e. The highest BCUT2D eigenvalue weighted by Gasteiger charge is 2.18. The highest BCUT2D eigenvalue weighted by Crippen LogP contribution is 2.38. The molecular weight excluding hydrogens is 332 g/mol. The molecule has 2 aromatic rings. The van der Waals surface area contributed by atoms with Gasteiger partial charge in [0.2, 0.25) is 11.5 Å². The van der Waals surface area contributed by atoms with Crippen molar-refractivity contribution in [1.82, 2.24) is 20.2 Å². The SMILES string of the molecule is COc1cc(C(=O)COC(=O)CCn2cnnn2)cc(OC)c1OC. The summed E-state index contributed by atoms with van der Waals surface area (Å²) in [6.45, 7) is -0.128. The number of hydrogen-bond acceptors (Lipinski definition) is 9. The van der Waals surface area contributed by atoms with E-state index >= 15 is 0 Å². The van der Waals surface area contributed by atoms with Gasteiger partial charge in [0.05, 0.1) is 34.3 Å². The summed E-state index contributed by atoms with van der Waals surface area (Å²) in [6.07, 6.45) is 1.43. The van der Waals surface area contributed by atoms with Gasteiger partial charge < -0.3 is 18.9 Å². The Labute approximate surface area is 143 Å². The van der Waals surface area contributed by atoms with Gasteiger partial charge in [-0.2, -0.15) is 0 Å². The zero-order valence-corrected chi connectivity index (χ0v) is 14.1. The van der Waals surface area contributed by atoms with E-state index in [4.69, 9.17) is 18.9 Å². The van der Waals surface area contributed by atoms with Gasteiger partial charge in [-0.05, 0) is 22.6 Å². The van der Waals surface area contributed by atoms with E-state index in [0.717, 1.165) is 0 Å². The third-order valence-corrected chi connectivity index (χ3v) is 3.29. The van der Waals surface area contributed by atoms with Crippen LogP contribution in [0.15, 0.2) is 18.5 Å². The van der Waals surface area contributed by atoms with Crippen molar-refractivity contribution < 1.29 is 28.5 Å². The molecule has 1 aromatic heterocycles. The van der Waals surface area contributed by atoms with E-state index in [1.165, 1.54) is 44.5 Å². The molecule has 0 aliphatic rings. The van der Waals surface area contributed by atoms with Crippen LogP contribution < -0.4 is 14.2 Å². The van der Waals surface area contributed by atoms with Crippen molar-refractivity contribution in [3.05, 3.63) is 24.0 Å². The first-order valence-corrected chi connectivity index (χ1v) is 7.28. The van der Waals surface area contributed by atoms with Gasteiger partial charge in [-0.3, -0.25) is 9.59 Å². The van der Waals surface area contributed by atoms with E-state index < -0.39 is 18.4 Å². The van der Waals surface area contributed by atoms with Crippen LogP contribution in [0, 0.1) is 0 Å². The predicted molar refractivity (Wildman–Crippen MR) is 83.8 cm³/mol. The summed E-state index contributed by atoms with van der Waals surface area (Å²) in [5, 5.41) is 10.5. The first-order chi connectivity index (χ1) is 12.1. The number of ether oxygens (including phenoxy) is 4. The lowest BCUT2D eigenvalue weighted by Crippen LogP contribution is -2.16. The van der Waals surface area contributed by atoms with Crippen molar-refractivity contribution in [3.63, 3.8) is 0 Å². The fourth-order valence-electron chi connectivity index (χ4n) is 2.03. The largest absolute Gasteiger partial charge is 0.493 e. The summed E-state index contributed by atoms with van der Waals surface area (Å²) in [5.74, 6) is 0.136. The average molecular weight is 350 g/mol. The maximum atomic E-state index is 12.3. The van der Waals surface area contributed by atoms with Gasteiger partial charge in [-0.1, -0.05) is 0 Å². The Balaban J connectivity index is 1.96. The van der Waals surface area contributed by atoms with Crippen LogP contribution in [0.5, 0.6) is 17.2 Å². The van der Waals surface area contributed by atoms with Gasteiger partial charge in [-0.25, -0.2) is 4.68 Å². The Bertz CT molecular complexity index is 707. The van der Waals surface area contributed by atoms with E-state index in [1.54, 1.807) is 0 Å². The number of hydrogen-bond donors (Lipinski definition) is 0. The minimum absolute atomic E-state index is 0.0492. The lowest BCUT2D eigenvalue weighted by Gasteiger charge is -2.13. The number of aryl methyl sites for hydroxylation is 1. The number of aromatic nitrogens is 4. The summed E-state index contributed by atoms with van der Waals surface area (Å²) in [5.41, 5.74) is 0.280. The average Bonchev–Trinajstić information content (AvgIpc) is 3.16. The standard InChI is InChI=1S/C15H18N4O6/c1-22-12-6-10(7-13(23-2)15(12)24-3)11(20)8-25-14(21)4-5-19-9-16-17-18-19/h6-7,9H,4-5,8H2,1-3H3. The molecule has 0 saturated carbocycles. The predicted octanol–water partition coefficient (Wildman–Crippen LogP) is 0.515. The molecule has 0 aliphatic carbocycles. The molecule has 0 radical (unpaired) electrons. The highest BCUT2D eigenvalue weighted by atomic mass is 16.5. The van der Waals surface area contributed by atoms with Crippen molar-refractivity contribution >= 4 is 11.8 Å². The molecule has 0 atom stereocenters. The van der Waals surface area contributed by atoms with Gasteiger partial charge in [0.15, 0.2) is 18.1 Å². The van der Waals surface area contributed by atoms with Crippen LogP contribution in [0.25, 0.3) is 0 Å². The third kappa shape index (κ3) is 4.66. The van der Waals surface area contributed by atoms with E-state index in [-0.39, 0.29) is 18.5 Å². The Morgan fingerprint density at radius 1 is 1.08 bits per heavy atom. The molecule has 0 aliphatic heterocycles. The van der Waals surface area contributed by atoms with Crippen molar-refractivity contribution in [2.75, 3.05) is 27.9 Å². The van der Waals surface area contributed by atoms with E-state index in [0.29, 0.717) is 17.2 Å². The molecule has 0 bridgehead atoms. The highest BCUT2D eigenvalue weighted by molar-refractivity contribution is 5.99. The van der Waals surface area contributed by atoms with Crippen molar-refractivity contribution in [3.8, 4) is 17.2 Å². The molecule has 1 heterocycles. The molecule has 1 aromatic carbocycles. The van der Waals surface area contributed by atoms with Crippen LogP contribution in [0.1, 0.15) is 16.8 Å². The minimum Gasteiger partial charge on any atom is -0.493 e. The van der Waals surface area contributed by atoms with Crippen LogP contribution in [0.3, 0.4) is 0 Å². The van der Waals surface area contributed by atoms with Gasteiger partial charge in [-0.15, -0.1) is 5.10 Å². The smallest absolute Gasteiger partial charge is 0.308 e. The lowest BCUT2D eigenvalue weighted by molar-refractivity contribution is -0.142. The molecule has 0 amide bonds. The van der Waals surface area contributed by atoms with Crippen LogP contribution in [-0.2, 0) is 16.1 Å². The normalized spacial score (nSPS) is 10.2. The van der Waals surface area contributed by atoms with E-state index in [9.17, 15) is 9.59 Å². The van der Waals surface area contributed by atoms with Crippen molar-refractivity contribution in [1.29, 1.82) is 0 Å². The van der Waals surface area contributed by atoms with E-state index in [2.05, 4.69) is 15.5 Å². The number of methoxy groups -OCH3 is 3. The molecule has 0 fully saturated rings. The van der Waals surface area contributed by atoms with Gasteiger partial charge in [0.25, 0.3) is 0 Å². The topological polar surface area (TPSA) is 115 Å². The number of tetrazole rings is 1. The summed E-state index contributed by atoms with van der Waals surface area (Å²) in [7, 11) is 4.36. The zero-order valence-electron chi connectivity index (χ0n) is 14.1. The molecule has 0 unspecified atom stereocenters. The quantitative estimate of drug-likeness (QED) is 0.471. The van der Waals surface area contributed by atoms with Crippen LogP contribution in [-0.4, -0.2) is 59.9 Å². The van der Waals surface area contributed by atoms with E-state index in [1.807, 2.05) is 0 Å². The fraction of sp³-hybridized carbons (Fsp3) is 0.400. The number of esters is 1. The number of nitrogens with zero attached hydrogens (tertiary/aromatic N) is 4. The summed E-state index contributed by atoms with van der Waals surface area (Å²) < 4.78 is 21.9. The number of rotatable bonds is 9.